The number of rotatable bonds is 5. The number of ether oxygens (including phenoxy) is 1. The molecule has 2 aromatic carbocycles. The van der Waals surface area contributed by atoms with Crippen molar-refractivity contribution in [1.82, 2.24) is 5.32 Å². The molecule has 0 aliphatic rings. The Bertz CT molecular complexity index is 611. The standard InChI is InChI=1S/C16H14BrNO3/c17-14-8-6-12(7-9-14)11-21-15(19)10-18-16(20)13-4-2-1-3-5-13/h1-9H,10-11H2,(H,18,20). The highest BCUT2D eigenvalue weighted by atomic mass is 79.9. The van der Waals surface area contributed by atoms with E-state index in [1.54, 1.807) is 24.3 Å². The first kappa shape index (κ1) is 15.3. The van der Waals surface area contributed by atoms with E-state index in [0.717, 1.165) is 10.0 Å². The molecule has 21 heavy (non-hydrogen) atoms. The Labute approximate surface area is 131 Å². The second-order valence-electron chi connectivity index (χ2n) is 4.34. The number of esters is 1. The van der Waals surface area contributed by atoms with Gasteiger partial charge in [0.25, 0.3) is 5.91 Å². The maximum Gasteiger partial charge on any atom is 0.325 e. The van der Waals surface area contributed by atoms with Crippen LogP contribution in [0.25, 0.3) is 0 Å². The molecule has 5 heteroatoms. The molecule has 2 rings (SSSR count). The maximum atomic E-state index is 11.7. The monoisotopic (exact) mass is 347 g/mol. The lowest BCUT2D eigenvalue weighted by molar-refractivity contribution is -0.143. The quantitative estimate of drug-likeness (QED) is 0.846. The molecule has 108 valence electrons. The van der Waals surface area contributed by atoms with Crippen molar-refractivity contribution in [3.63, 3.8) is 0 Å². The molecule has 0 radical (unpaired) electrons. The highest BCUT2D eigenvalue weighted by molar-refractivity contribution is 9.10. The second-order valence-corrected chi connectivity index (χ2v) is 5.25. The number of amides is 1. The van der Waals surface area contributed by atoms with Gasteiger partial charge in [0.15, 0.2) is 0 Å². The molecular weight excluding hydrogens is 334 g/mol. The van der Waals surface area contributed by atoms with Crippen LogP contribution in [0.5, 0.6) is 0 Å². The molecule has 0 aliphatic heterocycles. The van der Waals surface area contributed by atoms with Crippen molar-refractivity contribution >= 4 is 27.8 Å². The Kier molecular flexibility index (Phi) is 5.51. The number of nitrogens with one attached hydrogen (secondary N) is 1. The molecule has 1 amide bonds. The third-order valence-electron chi connectivity index (χ3n) is 2.74. The fourth-order valence-corrected chi connectivity index (χ4v) is 1.90. The van der Waals surface area contributed by atoms with Crippen molar-refractivity contribution in [2.24, 2.45) is 0 Å². The lowest BCUT2D eigenvalue weighted by Crippen LogP contribution is -2.30. The molecule has 0 aliphatic carbocycles. The van der Waals surface area contributed by atoms with Crippen molar-refractivity contribution in [3.8, 4) is 0 Å². The molecule has 0 heterocycles. The maximum absolute atomic E-state index is 11.7. The van der Waals surface area contributed by atoms with Crippen LogP contribution < -0.4 is 5.32 Å². The van der Waals surface area contributed by atoms with Crippen LogP contribution in [-0.4, -0.2) is 18.4 Å². The second kappa shape index (κ2) is 7.59. The van der Waals surface area contributed by atoms with Gasteiger partial charge in [0.2, 0.25) is 0 Å². The normalized spacial score (nSPS) is 9.95. The van der Waals surface area contributed by atoms with E-state index in [4.69, 9.17) is 4.74 Å². The highest BCUT2D eigenvalue weighted by Gasteiger charge is 2.08. The SMILES string of the molecule is O=C(CNC(=O)c1ccccc1)OCc1ccc(Br)cc1. The molecule has 0 spiro atoms. The fourth-order valence-electron chi connectivity index (χ4n) is 1.64. The average Bonchev–Trinajstić information content (AvgIpc) is 2.53. The smallest absolute Gasteiger partial charge is 0.325 e. The zero-order valence-electron chi connectivity index (χ0n) is 11.2. The van der Waals surface area contributed by atoms with E-state index in [1.807, 2.05) is 30.3 Å². The summed E-state index contributed by atoms with van der Waals surface area (Å²) in [6.45, 7) is 0.0393. The van der Waals surface area contributed by atoms with Gasteiger partial charge in [-0.1, -0.05) is 46.3 Å². The number of carbonyl (C=O) groups is 2. The summed E-state index contributed by atoms with van der Waals surface area (Å²) in [4.78, 5) is 23.3. The topological polar surface area (TPSA) is 55.4 Å². The van der Waals surface area contributed by atoms with Crippen LogP contribution in [0.15, 0.2) is 59.1 Å². The molecule has 0 unspecified atom stereocenters. The molecule has 0 saturated carbocycles. The van der Waals surface area contributed by atoms with E-state index in [-0.39, 0.29) is 19.1 Å². The minimum Gasteiger partial charge on any atom is -0.460 e. The van der Waals surface area contributed by atoms with E-state index in [2.05, 4.69) is 21.2 Å². The first-order valence-corrected chi connectivity index (χ1v) is 7.18. The minimum atomic E-state index is -0.470. The summed E-state index contributed by atoms with van der Waals surface area (Å²) in [5.74, 6) is -0.765. The van der Waals surface area contributed by atoms with Crippen LogP contribution in [0.3, 0.4) is 0 Å². The van der Waals surface area contributed by atoms with Gasteiger partial charge in [-0.05, 0) is 29.8 Å². The molecule has 2 aromatic rings. The zero-order chi connectivity index (χ0) is 15.1. The van der Waals surface area contributed by atoms with Crippen molar-refractivity contribution in [2.45, 2.75) is 6.61 Å². The van der Waals surface area contributed by atoms with Crippen LogP contribution in [0.2, 0.25) is 0 Å². The van der Waals surface area contributed by atoms with E-state index in [9.17, 15) is 9.59 Å². The predicted molar refractivity (Wildman–Crippen MR) is 82.7 cm³/mol. The number of halogens is 1. The fraction of sp³-hybridized carbons (Fsp3) is 0.125. The van der Waals surface area contributed by atoms with Crippen LogP contribution in [0, 0.1) is 0 Å². The Morgan fingerprint density at radius 3 is 2.33 bits per heavy atom. The van der Waals surface area contributed by atoms with Crippen LogP contribution >= 0.6 is 15.9 Å². The molecule has 4 nitrogen and oxygen atoms in total. The predicted octanol–water partition coefficient (Wildman–Crippen LogP) is 2.92. The van der Waals surface area contributed by atoms with Gasteiger partial charge in [-0.25, -0.2) is 0 Å². The molecule has 0 aromatic heterocycles. The third-order valence-corrected chi connectivity index (χ3v) is 3.27. The van der Waals surface area contributed by atoms with Gasteiger partial charge >= 0.3 is 5.97 Å². The summed E-state index contributed by atoms with van der Waals surface area (Å²) >= 11 is 3.33. The van der Waals surface area contributed by atoms with Crippen LogP contribution in [0.1, 0.15) is 15.9 Å². The van der Waals surface area contributed by atoms with Crippen LogP contribution in [-0.2, 0) is 16.1 Å². The Morgan fingerprint density at radius 1 is 1.00 bits per heavy atom. The van der Waals surface area contributed by atoms with Gasteiger partial charge in [-0.2, -0.15) is 0 Å². The first-order valence-electron chi connectivity index (χ1n) is 6.38. The van der Waals surface area contributed by atoms with Gasteiger partial charge in [-0.3, -0.25) is 9.59 Å². The Hall–Kier alpha value is -2.14. The van der Waals surface area contributed by atoms with Gasteiger partial charge in [-0.15, -0.1) is 0 Å². The summed E-state index contributed by atoms with van der Waals surface area (Å²) in [5.41, 5.74) is 1.40. The largest absolute Gasteiger partial charge is 0.460 e. The van der Waals surface area contributed by atoms with Gasteiger partial charge < -0.3 is 10.1 Å². The van der Waals surface area contributed by atoms with Crippen molar-refractivity contribution < 1.29 is 14.3 Å². The summed E-state index contributed by atoms with van der Waals surface area (Å²) < 4.78 is 6.05. The molecule has 1 N–H and O–H groups in total. The van der Waals surface area contributed by atoms with Crippen molar-refractivity contribution in [3.05, 3.63) is 70.2 Å². The summed E-state index contributed by atoms with van der Waals surface area (Å²) in [7, 11) is 0. The molecule has 0 bridgehead atoms. The van der Waals surface area contributed by atoms with Crippen molar-refractivity contribution in [1.29, 1.82) is 0 Å². The average molecular weight is 348 g/mol. The van der Waals surface area contributed by atoms with E-state index < -0.39 is 5.97 Å². The van der Waals surface area contributed by atoms with Crippen molar-refractivity contribution in [2.75, 3.05) is 6.54 Å². The lowest BCUT2D eigenvalue weighted by Gasteiger charge is -2.07. The number of carbonyl (C=O) groups excluding carboxylic acids is 2. The summed E-state index contributed by atoms with van der Waals surface area (Å²) in [5, 5.41) is 2.52. The first-order chi connectivity index (χ1) is 10.1. The summed E-state index contributed by atoms with van der Waals surface area (Å²) in [6, 6.07) is 16.2. The molecular formula is C16H14BrNO3. The number of hydrogen-bond donors (Lipinski definition) is 1. The Morgan fingerprint density at radius 2 is 1.67 bits per heavy atom. The zero-order valence-corrected chi connectivity index (χ0v) is 12.8. The van der Waals surface area contributed by atoms with Gasteiger partial charge in [0.1, 0.15) is 13.2 Å². The van der Waals surface area contributed by atoms with Crippen LogP contribution in [0.4, 0.5) is 0 Å². The van der Waals surface area contributed by atoms with Gasteiger partial charge in [0, 0.05) is 10.0 Å². The molecule has 0 atom stereocenters. The van der Waals surface area contributed by atoms with E-state index >= 15 is 0 Å². The minimum absolute atomic E-state index is 0.149. The van der Waals surface area contributed by atoms with E-state index in [0.29, 0.717) is 5.56 Å². The van der Waals surface area contributed by atoms with E-state index in [1.165, 1.54) is 0 Å². The lowest BCUT2D eigenvalue weighted by atomic mass is 10.2. The summed E-state index contributed by atoms with van der Waals surface area (Å²) in [6.07, 6.45) is 0. The third kappa shape index (κ3) is 5.04. The number of benzene rings is 2. The number of hydrogen-bond acceptors (Lipinski definition) is 3. The molecule has 0 fully saturated rings. The molecule has 0 saturated heterocycles. The Balaban J connectivity index is 1.75. The van der Waals surface area contributed by atoms with Gasteiger partial charge in [0.05, 0.1) is 0 Å². The highest BCUT2D eigenvalue weighted by Crippen LogP contribution is 2.11.